The summed E-state index contributed by atoms with van der Waals surface area (Å²) in [6.07, 6.45) is 6.29. The Bertz CT molecular complexity index is 991. The topological polar surface area (TPSA) is 50.7 Å². The van der Waals surface area contributed by atoms with Gasteiger partial charge in [-0.05, 0) is 81.8 Å². The predicted octanol–water partition coefficient (Wildman–Crippen LogP) is 5.77. The molecule has 1 amide bonds. The highest BCUT2D eigenvalue weighted by atomic mass is 19.1. The molecule has 0 bridgehead atoms. The number of carbonyl (C=O) groups excluding carboxylic acids is 1. The van der Waals surface area contributed by atoms with Crippen molar-refractivity contribution in [2.24, 2.45) is 5.16 Å². The van der Waals surface area contributed by atoms with Gasteiger partial charge in [0.25, 0.3) is 5.91 Å². The summed E-state index contributed by atoms with van der Waals surface area (Å²) >= 11 is 0. The van der Waals surface area contributed by atoms with Crippen molar-refractivity contribution in [3.05, 3.63) is 58.9 Å². The molecule has 0 saturated heterocycles. The van der Waals surface area contributed by atoms with E-state index in [1.54, 1.807) is 12.1 Å². The molecule has 30 heavy (non-hydrogen) atoms. The summed E-state index contributed by atoms with van der Waals surface area (Å²) in [4.78, 5) is 18.7. The van der Waals surface area contributed by atoms with Gasteiger partial charge in [0.05, 0.1) is 5.71 Å². The maximum atomic E-state index is 14.7. The van der Waals surface area contributed by atoms with Crippen LogP contribution in [0, 0.1) is 12.7 Å². The van der Waals surface area contributed by atoms with E-state index in [9.17, 15) is 9.18 Å². The first-order valence-corrected chi connectivity index (χ1v) is 10.8. The van der Waals surface area contributed by atoms with Crippen molar-refractivity contribution in [1.82, 2.24) is 5.32 Å². The Balaban J connectivity index is 1.73. The molecule has 1 fully saturated rings. The van der Waals surface area contributed by atoms with E-state index in [1.165, 1.54) is 12.5 Å². The normalized spacial score (nSPS) is 17.7. The van der Waals surface area contributed by atoms with Gasteiger partial charge >= 0.3 is 0 Å². The fourth-order valence-corrected chi connectivity index (χ4v) is 4.42. The summed E-state index contributed by atoms with van der Waals surface area (Å²) in [6.45, 7) is 5.70. The average molecular weight is 409 g/mol. The van der Waals surface area contributed by atoms with Crippen LogP contribution in [0.5, 0.6) is 0 Å². The van der Waals surface area contributed by atoms with E-state index >= 15 is 0 Å². The van der Waals surface area contributed by atoms with Crippen molar-refractivity contribution in [2.45, 2.75) is 70.9 Å². The summed E-state index contributed by atoms with van der Waals surface area (Å²) in [6, 6.07) is 10.7. The minimum atomic E-state index is -0.296. The molecule has 1 saturated carbocycles. The van der Waals surface area contributed by atoms with Crippen LogP contribution in [0.3, 0.4) is 0 Å². The zero-order chi connectivity index (χ0) is 21.3. The van der Waals surface area contributed by atoms with E-state index in [2.05, 4.69) is 10.5 Å². The Morgan fingerprint density at radius 2 is 1.83 bits per heavy atom. The standard InChI is InChI=1S/C25H29FN2O2/c1-16(2)27-24(29)20-13-18(21-8-7-17(3)11-22(21)26)12-19(14-20)23-15-25(30-28-23)9-5-4-6-10-25/h7-8,11-14,16H,4-6,9-10,15H2,1-3H3,(H,27,29). The lowest BCUT2D eigenvalue weighted by Crippen LogP contribution is -2.32. The molecular formula is C25H29FN2O2. The molecular weight excluding hydrogens is 379 g/mol. The van der Waals surface area contributed by atoms with E-state index in [-0.39, 0.29) is 23.4 Å². The van der Waals surface area contributed by atoms with Crippen LogP contribution in [0.2, 0.25) is 0 Å². The molecule has 1 spiro atoms. The van der Waals surface area contributed by atoms with Gasteiger partial charge in [-0.2, -0.15) is 0 Å². The second-order valence-electron chi connectivity index (χ2n) is 8.96. The van der Waals surface area contributed by atoms with Crippen LogP contribution in [0.15, 0.2) is 41.6 Å². The lowest BCUT2D eigenvalue weighted by molar-refractivity contribution is -0.0449. The van der Waals surface area contributed by atoms with Crippen molar-refractivity contribution in [3.8, 4) is 11.1 Å². The number of nitrogens with one attached hydrogen (secondary N) is 1. The van der Waals surface area contributed by atoms with Gasteiger partial charge in [0.2, 0.25) is 0 Å². The molecule has 2 aliphatic rings. The zero-order valence-corrected chi connectivity index (χ0v) is 17.9. The Kier molecular flexibility index (Phi) is 5.63. The zero-order valence-electron chi connectivity index (χ0n) is 17.9. The molecule has 0 atom stereocenters. The highest BCUT2D eigenvalue weighted by molar-refractivity contribution is 6.05. The fraction of sp³-hybridized carbons (Fsp3) is 0.440. The monoisotopic (exact) mass is 408 g/mol. The average Bonchev–Trinajstić information content (AvgIpc) is 3.11. The first-order valence-electron chi connectivity index (χ1n) is 10.8. The third-order valence-corrected chi connectivity index (χ3v) is 5.99. The molecule has 4 nitrogen and oxygen atoms in total. The SMILES string of the molecule is Cc1ccc(-c2cc(C(=O)NC(C)C)cc(C3=NOC4(CCCCC4)C3)c2)c(F)c1. The predicted molar refractivity (Wildman–Crippen MR) is 117 cm³/mol. The molecule has 5 heteroatoms. The molecule has 0 radical (unpaired) electrons. The third kappa shape index (κ3) is 4.25. The van der Waals surface area contributed by atoms with Gasteiger partial charge < -0.3 is 10.2 Å². The van der Waals surface area contributed by atoms with Crippen LogP contribution in [-0.4, -0.2) is 23.3 Å². The highest BCUT2D eigenvalue weighted by Crippen LogP contribution is 2.40. The largest absolute Gasteiger partial charge is 0.389 e. The fourth-order valence-electron chi connectivity index (χ4n) is 4.42. The number of carbonyl (C=O) groups is 1. The first kappa shape index (κ1) is 20.6. The van der Waals surface area contributed by atoms with Crippen LogP contribution < -0.4 is 5.32 Å². The van der Waals surface area contributed by atoms with Gasteiger partial charge in [0.1, 0.15) is 11.4 Å². The van der Waals surface area contributed by atoms with Crippen LogP contribution in [0.4, 0.5) is 4.39 Å². The Hall–Kier alpha value is -2.69. The smallest absolute Gasteiger partial charge is 0.251 e. The Labute approximate surface area is 177 Å². The molecule has 1 aliphatic carbocycles. The van der Waals surface area contributed by atoms with Gasteiger partial charge in [-0.15, -0.1) is 0 Å². The second kappa shape index (κ2) is 8.21. The van der Waals surface area contributed by atoms with Crippen molar-refractivity contribution >= 4 is 11.6 Å². The summed E-state index contributed by atoms with van der Waals surface area (Å²) in [5.74, 6) is -0.469. The summed E-state index contributed by atoms with van der Waals surface area (Å²) < 4.78 is 14.7. The number of oxime groups is 1. The molecule has 4 rings (SSSR count). The van der Waals surface area contributed by atoms with E-state index in [0.717, 1.165) is 48.9 Å². The van der Waals surface area contributed by atoms with Crippen LogP contribution in [0.25, 0.3) is 11.1 Å². The summed E-state index contributed by atoms with van der Waals surface area (Å²) in [5, 5.41) is 7.34. The van der Waals surface area contributed by atoms with E-state index in [1.807, 2.05) is 39.0 Å². The first-order chi connectivity index (χ1) is 14.3. The number of hydrogen-bond donors (Lipinski definition) is 1. The molecule has 0 unspecified atom stereocenters. The van der Waals surface area contributed by atoms with Crippen LogP contribution in [0.1, 0.15) is 73.9 Å². The number of nitrogens with zero attached hydrogens (tertiary/aromatic N) is 1. The lowest BCUT2D eigenvalue weighted by Gasteiger charge is -2.30. The second-order valence-corrected chi connectivity index (χ2v) is 8.96. The Morgan fingerprint density at radius 1 is 1.10 bits per heavy atom. The third-order valence-electron chi connectivity index (χ3n) is 5.99. The number of benzene rings is 2. The number of amides is 1. The Morgan fingerprint density at radius 3 is 2.53 bits per heavy atom. The van der Waals surface area contributed by atoms with E-state index in [0.29, 0.717) is 16.7 Å². The van der Waals surface area contributed by atoms with Gasteiger partial charge in [-0.25, -0.2) is 4.39 Å². The summed E-state index contributed by atoms with van der Waals surface area (Å²) in [7, 11) is 0. The number of halogens is 1. The van der Waals surface area contributed by atoms with Crippen molar-refractivity contribution < 1.29 is 14.0 Å². The minimum absolute atomic E-state index is 0.0124. The molecule has 2 aromatic rings. The number of rotatable bonds is 4. The lowest BCUT2D eigenvalue weighted by atomic mass is 9.80. The van der Waals surface area contributed by atoms with E-state index < -0.39 is 0 Å². The highest BCUT2D eigenvalue weighted by Gasteiger charge is 2.40. The molecule has 1 N–H and O–H groups in total. The molecule has 1 heterocycles. The molecule has 0 aromatic heterocycles. The van der Waals surface area contributed by atoms with E-state index in [4.69, 9.17) is 4.84 Å². The van der Waals surface area contributed by atoms with Gasteiger partial charge in [-0.3, -0.25) is 4.79 Å². The van der Waals surface area contributed by atoms with Gasteiger partial charge in [0, 0.05) is 29.2 Å². The summed E-state index contributed by atoms with van der Waals surface area (Å²) in [5.41, 5.74) is 3.97. The van der Waals surface area contributed by atoms with Crippen molar-refractivity contribution in [1.29, 1.82) is 0 Å². The number of aryl methyl sites for hydroxylation is 1. The minimum Gasteiger partial charge on any atom is -0.389 e. The van der Waals surface area contributed by atoms with Gasteiger partial charge in [-0.1, -0.05) is 23.7 Å². The van der Waals surface area contributed by atoms with Crippen LogP contribution in [-0.2, 0) is 4.84 Å². The maximum Gasteiger partial charge on any atom is 0.251 e. The quantitative estimate of drug-likeness (QED) is 0.698. The molecule has 1 aliphatic heterocycles. The number of hydrogen-bond acceptors (Lipinski definition) is 3. The van der Waals surface area contributed by atoms with Crippen molar-refractivity contribution in [2.75, 3.05) is 0 Å². The maximum absolute atomic E-state index is 14.7. The van der Waals surface area contributed by atoms with Gasteiger partial charge in [0.15, 0.2) is 0 Å². The van der Waals surface area contributed by atoms with Crippen LogP contribution >= 0.6 is 0 Å². The van der Waals surface area contributed by atoms with Crippen molar-refractivity contribution in [3.63, 3.8) is 0 Å². The molecule has 2 aromatic carbocycles. The molecule has 158 valence electrons.